The Labute approximate surface area is 135 Å². The van der Waals surface area contributed by atoms with E-state index in [-0.39, 0.29) is 12.1 Å². The number of amides is 2. The molecule has 0 aliphatic rings. The highest BCUT2D eigenvalue weighted by molar-refractivity contribution is 9.10. The second-order valence-corrected chi connectivity index (χ2v) is 6.47. The van der Waals surface area contributed by atoms with Gasteiger partial charge in [-0.1, -0.05) is 0 Å². The molecule has 0 saturated carbocycles. The molecular formula is C14H16BrN3O2S. The van der Waals surface area contributed by atoms with Crippen molar-refractivity contribution in [1.29, 1.82) is 0 Å². The lowest BCUT2D eigenvalue weighted by Crippen LogP contribution is -2.28. The van der Waals surface area contributed by atoms with Gasteiger partial charge in [0, 0.05) is 20.9 Å². The summed E-state index contributed by atoms with van der Waals surface area (Å²) in [6.07, 6.45) is 1.62. The van der Waals surface area contributed by atoms with Crippen molar-refractivity contribution in [2.45, 2.75) is 26.5 Å². The highest BCUT2D eigenvalue weighted by Crippen LogP contribution is 2.22. The number of hydrogen-bond acceptors (Lipinski definition) is 4. The van der Waals surface area contributed by atoms with Crippen LogP contribution in [0.4, 0.5) is 10.5 Å². The van der Waals surface area contributed by atoms with E-state index in [0.717, 1.165) is 9.35 Å². The van der Waals surface area contributed by atoms with E-state index >= 15 is 0 Å². The molecule has 112 valence electrons. The topological polar surface area (TPSA) is 63.2 Å². The predicted molar refractivity (Wildman–Crippen MR) is 87.9 cm³/mol. The number of carbonyl (C=O) groups is 1. The third-order valence-electron chi connectivity index (χ3n) is 2.41. The lowest BCUT2D eigenvalue weighted by molar-refractivity contribution is 0.233. The number of rotatable bonds is 5. The van der Waals surface area contributed by atoms with Gasteiger partial charge in [-0.2, -0.15) is 0 Å². The van der Waals surface area contributed by atoms with Gasteiger partial charge in [0.1, 0.15) is 5.69 Å². The smallest absolute Gasteiger partial charge is 0.319 e. The number of aromatic nitrogens is 1. The Bertz CT molecular complexity index is 616. The molecule has 2 N–H and O–H groups in total. The van der Waals surface area contributed by atoms with Crippen molar-refractivity contribution >= 4 is 39.0 Å². The van der Waals surface area contributed by atoms with Crippen molar-refractivity contribution in [2.75, 3.05) is 5.32 Å². The molecule has 21 heavy (non-hydrogen) atoms. The first kappa shape index (κ1) is 15.8. The molecule has 0 radical (unpaired) electrons. The highest BCUT2D eigenvalue weighted by atomic mass is 79.9. The van der Waals surface area contributed by atoms with Gasteiger partial charge in [0.25, 0.3) is 0 Å². The molecule has 0 fully saturated rings. The lowest BCUT2D eigenvalue weighted by atomic mass is 10.4. The van der Waals surface area contributed by atoms with Crippen molar-refractivity contribution in [2.24, 2.45) is 0 Å². The number of ether oxygens (including phenoxy) is 1. The first-order valence-corrected chi connectivity index (χ1v) is 8.11. The molecule has 0 unspecified atom stereocenters. The second kappa shape index (κ2) is 7.42. The number of urea groups is 1. The summed E-state index contributed by atoms with van der Waals surface area (Å²) in [5.74, 6) is 0.418. The van der Waals surface area contributed by atoms with E-state index in [1.54, 1.807) is 29.7 Å². The molecule has 0 saturated heterocycles. The maximum Gasteiger partial charge on any atom is 0.319 e. The van der Waals surface area contributed by atoms with Crippen molar-refractivity contribution in [3.05, 3.63) is 39.1 Å². The Kier molecular flexibility index (Phi) is 5.58. The molecule has 2 rings (SSSR count). The Morgan fingerprint density at radius 3 is 3.00 bits per heavy atom. The van der Waals surface area contributed by atoms with E-state index in [0.29, 0.717) is 18.1 Å². The van der Waals surface area contributed by atoms with Crippen LogP contribution in [0.25, 0.3) is 0 Å². The van der Waals surface area contributed by atoms with E-state index in [1.165, 1.54) is 0 Å². The van der Waals surface area contributed by atoms with Gasteiger partial charge in [0.15, 0.2) is 0 Å². The van der Waals surface area contributed by atoms with E-state index in [1.807, 2.05) is 25.3 Å². The van der Waals surface area contributed by atoms with Crippen molar-refractivity contribution in [1.82, 2.24) is 10.3 Å². The van der Waals surface area contributed by atoms with Gasteiger partial charge in [-0.3, -0.25) is 0 Å². The summed E-state index contributed by atoms with van der Waals surface area (Å²) >= 11 is 4.97. The zero-order chi connectivity index (χ0) is 15.2. The van der Waals surface area contributed by atoms with E-state index < -0.39 is 0 Å². The number of hydrogen-bond donors (Lipinski definition) is 2. The normalized spacial score (nSPS) is 10.5. The fourth-order valence-corrected chi connectivity index (χ4v) is 2.97. The quantitative estimate of drug-likeness (QED) is 0.836. The predicted octanol–water partition coefficient (Wildman–Crippen LogP) is 4.01. The van der Waals surface area contributed by atoms with Gasteiger partial charge < -0.3 is 15.4 Å². The van der Waals surface area contributed by atoms with Crippen LogP contribution in [0, 0.1) is 0 Å². The molecule has 2 heterocycles. The van der Waals surface area contributed by atoms with Crippen molar-refractivity contribution in [3.63, 3.8) is 0 Å². The molecule has 0 spiro atoms. The van der Waals surface area contributed by atoms with Crippen LogP contribution in [-0.4, -0.2) is 17.1 Å². The zero-order valence-electron chi connectivity index (χ0n) is 11.7. The number of halogens is 1. The van der Waals surface area contributed by atoms with Crippen LogP contribution in [0.5, 0.6) is 5.88 Å². The van der Waals surface area contributed by atoms with Crippen LogP contribution < -0.4 is 15.4 Å². The van der Waals surface area contributed by atoms with Crippen LogP contribution >= 0.6 is 27.3 Å². The van der Waals surface area contributed by atoms with Gasteiger partial charge in [-0.15, -0.1) is 11.3 Å². The summed E-state index contributed by atoms with van der Waals surface area (Å²) in [5.41, 5.74) is 0.552. The Morgan fingerprint density at radius 2 is 2.33 bits per heavy atom. The lowest BCUT2D eigenvalue weighted by Gasteiger charge is -2.13. The minimum atomic E-state index is -0.291. The number of pyridine rings is 1. The summed E-state index contributed by atoms with van der Waals surface area (Å²) < 4.78 is 6.57. The van der Waals surface area contributed by atoms with Crippen LogP contribution in [0.1, 0.15) is 18.7 Å². The van der Waals surface area contributed by atoms with Gasteiger partial charge in [0.2, 0.25) is 5.88 Å². The van der Waals surface area contributed by atoms with Gasteiger partial charge in [0.05, 0.1) is 12.6 Å². The van der Waals surface area contributed by atoms with Crippen LogP contribution in [0.2, 0.25) is 0 Å². The standard InChI is InChI=1S/C14H16BrN3O2S/c1-9(2)20-13-12(4-3-5-16-13)18-14(19)17-7-11-6-10(15)8-21-11/h3-6,8-9H,7H2,1-2H3,(H2,17,18,19). The van der Waals surface area contributed by atoms with E-state index in [9.17, 15) is 4.79 Å². The number of nitrogens with zero attached hydrogens (tertiary/aromatic N) is 1. The molecule has 7 heteroatoms. The average Bonchev–Trinajstić information content (AvgIpc) is 2.84. The van der Waals surface area contributed by atoms with E-state index in [4.69, 9.17) is 4.74 Å². The number of anilines is 1. The Hall–Kier alpha value is -1.60. The number of thiophene rings is 1. The van der Waals surface area contributed by atoms with Crippen LogP contribution in [0.15, 0.2) is 34.2 Å². The molecule has 0 aromatic carbocycles. The molecule has 2 amide bonds. The number of carbonyl (C=O) groups excluding carboxylic acids is 1. The minimum Gasteiger partial charge on any atom is -0.473 e. The first-order valence-electron chi connectivity index (χ1n) is 6.44. The fourth-order valence-electron chi connectivity index (χ4n) is 1.58. The monoisotopic (exact) mass is 369 g/mol. The van der Waals surface area contributed by atoms with Gasteiger partial charge >= 0.3 is 6.03 Å². The SMILES string of the molecule is CC(C)Oc1ncccc1NC(=O)NCc1cc(Br)cs1. The van der Waals surface area contributed by atoms with Crippen molar-refractivity contribution < 1.29 is 9.53 Å². The summed E-state index contributed by atoms with van der Waals surface area (Å²) in [6, 6.07) is 5.19. The summed E-state index contributed by atoms with van der Waals surface area (Å²) in [5, 5.41) is 7.52. The largest absolute Gasteiger partial charge is 0.473 e. The fraction of sp³-hybridized carbons (Fsp3) is 0.286. The molecule has 0 aliphatic heterocycles. The Balaban J connectivity index is 1.93. The van der Waals surface area contributed by atoms with E-state index in [2.05, 4.69) is 31.5 Å². The molecule has 2 aromatic heterocycles. The molecule has 5 nitrogen and oxygen atoms in total. The zero-order valence-corrected chi connectivity index (χ0v) is 14.1. The molecular weight excluding hydrogens is 354 g/mol. The highest BCUT2D eigenvalue weighted by Gasteiger charge is 2.10. The molecule has 0 bridgehead atoms. The second-order valence-electron chi connectivity index (χ2n) is 4.56. The summed E-state index contributed by atoms with van der Waals surface area (Å²) in [4.78, 5) is 17.1. The van der Waals surface area contributed by atoms with Gasteiger partial charge in [-0.05, 0) is 48.0 Å². The van der Waals surface area contributed by atoms with Crippen molar-refractivity contribution in [3.8, 4) is 5.88 Å². The summed E-state index contributed by atoms with van der Waals surface area (Å²) in [6.45, 7) is 4.29. The summed E-state index contributed by atoms with van der Waals surface area (Å²) in [7, 11) is 0. The maximum absolute atomic E-state index is 11.9. The van der Waals surface area contributed by atoms with Crippen LogP contribution in [-0.2, 0) is 6.54 Å². The molecule has 0 atom stereocenters. The third-order valence-corrected chi connectivity index (χ3v) is 4.11. The molecule has 0 aliphatic carbocycles. The van der Waals surface area contributed by atoms with Gasteiger partial charge in [-0.25, -0.2) is 9.78 Å². The average molecular weight is 370 g/mol. The Morgan fingerprint density at radius 1 is 1.52 bits per heavy atom. The van der Waals surface area contributed by atoms with Crippen LogP contribution in [0.3, 0.4) is 0 Å². The number of nitrogens with one attached hydrogen (secondary N) is 2. The minimum absolute atomic E-state index is 0.00743. The third kappa shape index (κ3) is 5.02. The molecule has 2 aromatic rings. The first-order chi connectivity index (χ1) is 10.0. The maximum atomic E-state index is 11.9.